The maximum atomic E-state index is 10.5. The van der Waals surface area contributed by atoms with Crippen LogP contribution < -0.4 is 11.2 Å². The van der Waals surface area contributed by atoms with Crippen molar-refractivity contribution < 1.29 is 9.63 Å². The molecule has 11 heavy (non-hydrogen) atoms. The summed E-state index contributed by atoms with van der Waals surface area (Å²) in [6.07, 6.45) is 2.50. The Morgan fingerprint density at radius 1 is 1.73 bits per heavy atom. The highest BCUT2D eigenvalue weighted by Crippen LogP contribution is 2.12. The van der Waals surface area contributed by atoms with E-state index in [9.17, 15) is 4.79 Å². The highest BCUT2D eigenvalue weighted by atomic mass is 16.6. The van der Waals surface area contributed by atoms with Gasteiger partial charge in [0.05, 0.1) is 6.61 Å². The first-order chi connectivity index (χ1) is 5.29. The first-order valence-electron chi connectivity index (χ1n) is 3.92. The minimum absolute atomic E-state index is 0.223. The van der Waals surface area contributed by atoms with Gasteiger partial charge in [0.15, 0.2) is 0 Å². The fourth-order valence-electron chi connectivity index (χ4n) is 1.25. The van der Waals surface area contributed by atoms with Gasteiger partial charge >= 0.3 is 0 Å². The summed E-state index contributed by atoms with van der Waals surface area (Å²) in [4.78, 5) is 15.5. The van der Waals surface area contributed by atoms with Crippen LogP contribution >= 0.6 is 0 Å². The van der Waals surface area contributed by atoms with Crippen molar-refractivity contribution >= 4 is 5.91 Å². The molecule has 64 valence electrons. The van der Waals surface area contributed by atoms with Gasteiger partial charge in [-0.2, -0.15) is 0 Å². The van der Waals surface area contributed by atoms with Crippen LogP contribution in [0.5, 0.6) is 0 Å². The van der Waals surface area contributed by atoms with Crippen molar-refractivity contribution in [3.05, 3.63) is 0 Å². The number of hydroxylamine groups is 1. The van der Waals surface area contributed by atoms with Crippen molar-refractivity contribution in [1.82, 2.24) is 5.48 Å². The highest BCUT2D eigenvalue weighted by Gasteiger charge is 2.13. The molecule has 0 saturated carbocycles. The van der Waals surface area contributed by atoms with E-state index in [1.165, 1.54) is 0 Å². The molecule has 0 aromatic rings. The van der Waals surface area contributed by atoms with Crippen molar-refractivity contribution in [2.45, 2.75) is 19.3 Å². The monoisotopic (exact) mass is 158 g/mol. The predicted octanol–water partition coefficient (Wildman–Crippen LogP) is -0.207. The van der Waals surface area contributed by atoms with Gasteiger partial charge in [0.2, 0.25) is 5.91 Å². The number of carbonyl (C=O) groups is 1. The summed E-state index contributed by atoms with van der Waals surface area (Å²) in [6, 6.07) is 0. The van der Waals surface area contributed by atoms with Gasteiger partial charge in [0, 0.05) is 13.0 Å². The normalized spacial score (nSPS) is 26.0. The smallest absolute Gasteiger partial charge is 0.217 e. The van der Waals surface area contributed by atoms with Crippen LogP contribution in [0.1, 0.15) is 19.3 Å². The Labute approximate surface area is 66.0 Å². The third kappa shape index (κ3) is 3.34. The van der Waals surface area contributed by atoms with Crippen LogP contribution in [-0.4, -0.2) is 19.1 Å². The van der Waals surface area contributed by atoms with Crippen LogP contribution in [0.25, 0.3) is 0 Å². The lowest BCUT2D eigenvalue weighted by Crippen LogP contribution is -2.24. The molecule has 1 fully saturated rings. The third-order valence-electron chi connectivity index (χ3n) is 1.82. The number of rotatable bonds is 2. The van der Waals surface area contributed by atoms with E-state index in [1.54, 1.807) is 0 Å². The minimum Gasteiger partial charge on any atom is -0.370 e. The molecule has 3 N–H and O–H groups in total. The quantitative estimate of drug-likeness (QED) is 0.584. The van der Waals surface area contributed by atoms with Gasteiger partial charge in [-0.15, -0.1) is 0 Å². The topological polar surface area (TPSA) is 64.4 Å². The van der Waals surface area contributed by atoms with E-state index in [0.717, 1.165) is 26.0 Å². The molecule has 1 amide bonds. The Bertz CT molecular complexity index is 130. The van der Waals surface area contributed by atoms with Crippen LogP contribution in [0.4, 0.5) is 0 Å². The van der Waals surface area contributed by atoms with E-state index in [1.807, 2.05) is 0 Å². The maximum Gasteiger partial charge on any atom is 0.217 e. The standard InChI is InChI=1S/C7H14N2O2/c8-7(10)4-6-2-1-3-11-9-5-6/h6,9H,1-5H2,(H2,8,10). The summed E-state index contributed by atoms with van der Waals surface area (Å²) in [5.41, 5.74) is 7.86. The van der Waals surface area contributed by atoms with E-state index in [-0.39, 0.29) is 5.91 Å². The van der Waals surface area contributed by atoms with E-state index in [4.69, 9.17) is 10.6 Å². The van der Waals surface area contributed by atoms with Crippen molar-refractivity contribution in [3.8, 4) is 0 Å². The lowest BCUT2D eigenvalue weighted by atomic mass is 10.00. The second-order valence-corrected chi connectivity index (χ2v) is 2.88. The highest BCUT2D eigenvalue weighted by molar-refractivity contribution is 5.73. The Kier molecular flexibility index (Phi) is 3.32. The van der Waals surface area contributed by atoms with Gasteiger partial charge in [-0.3, -0.25) is 4.79 Å². The van der Waals surface area contributed by atoms with Gasteiger partial charge in [-0.25, -0.2) is 5.48 Å². The second kappa shape index (κ2) is 4.31. The summed E-state index contributed by atoms with van der Waals surface area (Å²) in [6.45, 7) is 1.47. The SMILES string of the molecule is NC(=O)CC1CCCONC1. The predicted molar refractivity (Wildman–Crippen MR) is 40.5 cm³/mol. The van der Waals surface area contributed by atoms with Crippen LogP contribution in [-0.2, 0) is 9.63 Å². The molecule has 1 unspecified atom stereocenters. The first kappa shape index (κ1) is 8.49. The van der Waals surface area contributed by atoms with E-state index in [2.05, 4.69) is 5.48 Å². The number of amides is 1. The zero-order valence-corrected chi connectivity index (χ0v) is 6.51. The number of nitrogens with one attached hydrogen (secondary N) is 1. The van der Waals surface area contributed by atoms with Gasteiger partial charge in [0.25, 0.3) is 0 Å². The average molecular weight is 158 g/mol. The summed E-state index contributed by atoms with van der Waals surface area (Å²) < 4.78 is 0. The Balaban J connectivity index is 2.25. The molecule has 1 rings (SSSR count). The minimum atomic E-state index is -0.223. The summed E-state index contributed by atoms with van der Waals surface area (Å²) >= 11 is 0. The summed E-state index contributed by atoms with van der Waals surface area (Å²) in [5.74, 6) is 0.133. The molecule has 4 heteroatoms. The van der Waals surface area contributed by atoms with Crippen LogP contribution in [0.3, 0.4) is 0 Å². The molecule has 0 aromatic heterocycles. The molecule has 0 aliphatic carbocycles. The van der Waals surface area contributed by atoms with Crippen LogP contribution in [0.15, 0.2) is 0 Å². The van der Waals surface area contributed by atoms with Crippen molar-refractivity contribution in [2.75, 3.05) is 13.2 Å². The molecule has 4 nitrogen and oxygen atoms in total. The van der Waals surface area contributed by atoms with E-state index < -0.39 is 0 Å². The second-order valence-electron chi connectivity index (χ2n) is 2.88. The average Bonchev–Trinajstić information content (AvgIpc) is 2.14. The number of primary amides is 1. The largest absolute Gasteiger partial charge is 0.370 e. The van der Waals surface area contributed by atoms with Gasteiger partial charge in [-0.1, -0.05) is 0 Å². The number of hydrogen-bond acceptors (Lipinski definition) is 3. The number of hydrogen-bond donors (Lipinski definition) is 2. The zero-order valence-electron chi connectivity index (χ0n) is 6.51. The van der Waals surface area contributed by atoms with Crippen molar-refractivity contribution in [2.24, 2.45) is 11.7 Å². The summed E-state index contributed by atoms with van der Waals surface area (Å²) in [7, 11) is 0. The molecule has 1 heterocycles. The fraction of sp³-hybridized carbons (Fsp3) is 0.857. The third-order valence-corrected chi connectivity index (χ3v) is 1.82. The Morgan fingerprint density at radius 2 is 2.55 bits per heavy atom. The molecule has 1 aliphatic rings. The van der Waals surface area contributed by atoms with Crippen molar-refractivity contribution in [3.63, 3.8) is 0 Å². The molecular weight excluding hydrogens is 144 g/mol. The molecule has 0 spiro atoms. The first-order valence-corrected chi connectivity index (χ1v) is 3.92. The molecule has 1 atom stereocenters. The van der Waals surface area contributed by atoms with Crippen LogP contribution in [0.2, 0.25) is 0 Å². The Morgan fingerprint density at radius 3 is 3.27 bits per heavy atom. The van der Waals surface area contributed by atoms with Crippen molar-refractivity contribution in [1.29, 1.82) is 0 Å². The molecule has 1 saturated heterocycles. The van der Waals surface area contributed by atoms with E-state index >= 15 is 0 Å². The lowest BCUT2D eigenvalue weighted by molar-refractivity contribution is -0.119. The zero-order chi connectivity index (χ0) is 8.10. The molecule has 0 radical (unpaired) electrons. The molecular formula is C7H14N2O2. The van der Waals surface area contributed by atoms with Gasteiger partial charge in [-0.05, 0) is 18.8 Å². The molecule has 1 aliphatic heterocycles. The fourth-order valence-corrected chi connectivity index (χ4v) is 1.25. The van der Waals surface area contributed by atoms with Crippen LogP contribution in [0, 0.1) is 5.92 Å². The van der Waals surface area contributed by atoms with Gasteiger partial charge in [0.1, 0.15) is 0 Å². The van der Waals surface area contributed by atoms with E-state index in [0.29, 0.717) is 12.3 Å². The molecule has 0 aromatic carbocycles. The molecule has 0 bridgehead atoms. The Hall–Kier alpha value is -0.610. The summed E-state index contributed by atoms with van der Waals surface area (Å²) in [5, 5.41) is 0. The maximum absolute atomic E-state index is 10.5. The van der Waals surface area contributed by atoms with Gasteiger partial charge < -0.3 is 10.6 Å². The number of nitrogens with two attached hydrogens (primary N) is 1. The lowest BCUT2D eigenvalue weighted by Gasteiger charge is -2.09. The number of carbonyl (C=O) groups excluding carboxylic acids is 1.